The van der Waals surface area contributed by atoms with Crippen LogP contribution in [0.3, 0.4) is 0 Å². The molecule has 2 aromatic carbocycles. The normalized spacial score (nSPS) is 17.1. The molecule has 0 fully saturated rings. The lowest BCUT2D eigenvalue weighted by Crippen LogP contribution is -2.01. The number of nitriles is 1. The van der Waals surface area contributed by atoms with Crippen LogP contribution in [0.15, 0.2) is 72.9 Å². The van der Waals surface area contributed by atoms with Crippen molar-refractivity contribution in [3.63, 3.8) is 0 Å². The van der Waals surface area contributed by atoms with Gasteiger partial charge in [0.05, 0.1) is 18.7 Å². The van der Waals surface area contributed by atoms with Crippen molar-refractivity contribution < 1.29 is 4.74 Å². The zero-order chi connectivity index (χ0) is 20.9. The molecular weight excluding hydrogens is 368 g/mol. The number of benzene rings is 2. The summed E-state index contributed by atoms with van der Waals surface area (Å²) in [7, 11) is 1.74. The van der Waals surface area contributed by atoms with E-state index in [1.165, 1.54) is 11.1 Å². The SMILES string of the molecule is CO/C1=C(c2ccc(C)nc2)/C=C\CCCc2c1cccc2-c1ccc(C#N)cc1. The highest BCUT2D eigenvalue weighted by Crippen LogP contribution is 2.36. The van der Waals surface area contributed by atoms with E-state index >= 15 is 0 Å². The zero-order valence-electron chi connectivity index (χ0n) is 17.4. The van der Waals surface area contributed by atoms with Gasteiger partial charge in [0.1, 0.15) is 5.76 Å². The second-order valence-electron chi connectivity index (χ2n) is 7.45. The molecule has 1 aromatic heterocycles. The third-order valence-electron chi connectivity index (χ3n) is 5.50. The van der Waals surface area contributed by atoms with Crippen LogP contribution in [0.1, 0.15) is 40.8 Å². The number of hydrogen-bond donors (Lipinski definition) is 0. The largest absolute Gasteiger partial charge is 0.495 e. The highest BCUT2D eigenvalue weighted by molar-refractivity contribution is 5.94. The molecular formula is C27H24N2O. The first-order chi connectivity index (χ1) is 14.7. The van der Waals surface area contributed by atoms with Gasteiger partial charge in [-0.15, -0.1) is 0 Å². The van der Waals surface area contributed by atoms with Crippen LogP contribution in [-0.2, 0) is 11.2 Å². The number of ether oxygens (including phenoxy) is 1. The third-order valence-corrected chi connectivity index (χ3v) is 5.50. The van der Waals surface area contributed by atoms with E-state index in [1.54, 1.807) is 7.11 Å². The number of pyridine rings is 1. The summed E-state index contributed by atoms with van der Waals surface area (Å²) in [6.07, 6.45) is 9.32. The van der Waals surface area contributed by atoms with E-state index < -0.39 is 0 Å². The van der Waals surface area contributed by atoms with Crippen LogP contribution in [0.5, 0.6) is 0 Å². The third kappa shape index (κ3) is 3.90. The van der Waals surface area contributed by atoms with E-state index in [0.29, 0.717) is 5.56 Å². The molecule has 0 atom stereocenters. The molecule has 0 aliphatic heterocycles. The Morgan fingerprint density at radius 3 is 2.43 bits per heavy atom. The first-order valence-corrected chi connectivity index (χ1v) is 10.2. The maximum absolute atomic E-state index is 9.13. The van der Waals surface area contributed by atoms with Crippen molar-refractivity contribution >= 4 is 11.3 Å². The number of aromatic nitrogens is 1. The van der Waals surface area contributed by atoms with Crippen LogP contribution >= 0.6 is 0 Å². The smallest absolute Gasteiger partial charge is 0.134 e. The minimum Gasteiger partial charge on any atom is -0.495 e. The second-order valence-corrected chi connectivity index (χ2v) is 7.45. The molecule has 148 valence electrons. The summed E-state index contributed by atoms with van der Waals surface area (Å²) in [6.45, 7) is 1.99. The van der Waals surface area contributed by atoms with E-state index in [4.69, 9.17) is 10.00 Å². The lowest BCUT2D eigenvalue weighted by molar-refractivity contribution is 0.371. The van der Waals surface area contributed by atoms with Gasteiger partial charge in [0.25, 0.3) is 0 Å². The molecule has 0 unspecified atom stereocenters. The molecule has 0 bridgehead atoms. The number of allylic oxidation sites excluding steroid dienone is 3. The first kappa shape index (κ1) is 19.7. The van der Waals surface area contributed by atoms with Gasteiger partial charge in [-0.2, -0.15) is 5.26 Å². The summed E-state index contributed by atoms with van der Waals surface area (Å²) in [6, 6.07) is 20.5. The van der Waals surface area contributed by atoms with E-state index in [2.05, 4.69) is 47.5 Å². The van der Waals surface area contributed by atoms with Crippen molar-refractivity contribution in [2.24, 2.45) is 0 Å². The molecule has 0 saturated heterocycles. The summed E-state index contributed by atoms with van der Waals surface area (Å²) in [5.41, 5.74) is 8.46. The van der Waals surface area contributed by atoms with Gasteiger partial charge >= 0.3 is 0 Å². The van der Waals surface area contributed by atoms with E-state index in [1.807, 2.05) is 43.5 Å². The van der Waals surface area contributed by atoms with Gasteiger partial charge in [0.2, 0.25) is 0 Å². The summed E-state index contributed by atoms with van der Waals surface area (Å²) < 4.78 is 5.99. The molecule has 3 nitrogen and oxygen atoms in total. The highest BCUT2D eigenvalue weighted by atomic mass is 16.5. The summed E-state index contributed by atoms with van der Waals surface area (Å²) in [5.74, 6) is 0.865. The first-order valence-electron chi connectivity index (χ1n) is 10.2. The standard InChI is InChI=1S/C27H24N2O/c1-19-11-14-22(18-29-19)24-7-4-3-5-8-25-23(9-6-10-26(25)27(24)30-2)21-15-12-20(17-28)13-16-21/h4,6-7,9-16,18H,3,5,8H2,1-2H3/b7-4-,27-24-. The maximum atomic E-state index is 9.13. The molecule has 4 rings (SSSR count). The van der Waals surface area contributed by atoms with E-state index in [9.17, 15) is 0 Å². The van der Waals surface area contributed by atoms with Gasteiger partial charge in [0.15, 0.2) is 0 Å². The maximum Gasteiger partial charge on any atom is 0.134 e. The highest BCUT2D eigenvalue weighted by Gasteiger charge is 2.18. The van der Waals surface area contributed by atoms with Crippen LogP contribution in [0.4, 0.5) is 0 Å². The second kappa shape index (κ2) is 8.80. The van der Waals surface area contributed by atoms with Crippen molar-refractivity contribution in [1.82, 2.24) is 4.98 Å². The van der Waals surface area contributed by atoms with Gasteiger partial charge < -0.3 is 4.74 Å². The predicted octanol–water partition coefficient (Wildman–Crippen LogP) is 6.34. The fraction of sp³-hybridized carbons (Fsp3) is 0.185. The fourth-order valence-electron chi connectivity index (χ4n) is 3.96. The Morgan fingerprint density at radius 1 is 0.967 bits per heavy atom. The lowest BCUT2D eigenvalue weighted by atomic mass is 9.90. The topological polar surface area (TPSA) is 45.9 Å². The quantitative estimate of drug-likeness (QED) is 0.523. The van der Waals surface area contributed by atoms with Gasteiger partial charge in [-0.25, -0.2) is 0 Å². The van der Waals surface area contributed by atoms with Crippen LogP contribution in [-0.4, -0.2) is 12.1 Å². The van der Waals surface area contributed by atoms with Gasteiger partial charge in [-0.05, 0) is 61.1 Å². The van der Waals surface area contributed by atoms with Crippen LogP contribution in [0.25, 0.3) is 22.5 Å². The van der Waals surface area contributed by atoms with Gasteiger partial charge in [-0.3, -0.25) is 4.98 Å². The molecule has 1 aliphatic carbocycles. The van der Waals surface area contributed by atoms with Crippen molar-refractivity contribution in [2.75, 3.05) is 7.11 Å². The van der Waals surface area contributed by atoms with Gasteiger partial charge in [0, 0.05) is 28.6 Å². The summed E-state index contributed by atoms with van der Waals surface area (Å²) in [4.78, 5) is 4.49. The number of fused-ring (bicyclic) bond motifs is 1. The van der Waals surface area contributed by atoms with Crippen molar-refractivity contribution in [1.29, 1.82) is 5.26 Å². The molecule has 0 spiro atoms. The molecule has 0 saturated carbocycles. The van der Waals surface area contributed by atoms with Gasteiger partial charge in [-0.1, -0.05) is 48.6 Å². The molecule has 1 aliphatic rings. The Labute approximate surface area is 178 Å². The van der Waals surface area contributed by atoms with Crippen LogP contribution < -0.4 is 0 Å². The zero-order valence-corrected chi connectivity index (χ0v) is 17.4. The molecule has 1 heterocycles. The Bertz CT molecular complexity index is 1150. The summed E-state index contributed by atoms with van der Waals surface area (Å²) in [5, 5.41) is 9.13. The Kier molecular flexibility index (Phi) is 5.77. The Hall–Kier alpha value is -3.64. The average molecular weight is 393 g/mol. The number of nitrogens with zero attached hydrogens (tertiary/aromatic N) is 2. The number of hydrogen-bond acceptors (Lipinski definition) is 3. The lowest BCUT2D eigenvalue weighted by Gasteiger charge is -2.18. The monoisotopic (exact) mass is 392 g/mol. The number of methoxy groups -OCH3 is 1. The fourth-order valence-corrected chi connectivity index (χ4v) is 3.96. The van der Waals surface area contributed by atoms with E-state index in [-0.39, 0.29) is 0 Å². The average Bonchev–Trinajstić information content (AvgIpc) is 2.88. The van der Waals surface area contributed by atoms with Crippen molar-refractivity contribution in [2.45, 2.75) is 26.2 Å². The molecule has 0 amide bonds. The predicted molar refractivity (Wildman–Crippen MR) is 121 cm³/mol. The Balaban J connectivity index is 1.93. The van der Waals surface area contributed by atoms with Crippen LogP contribution in [0, 0.1) is 18.3 Å². The molecule has 30 heavy (non-hydrogen) atoms. The molecule has 0 radical (unpaired) electrons. The number of aryl methyl sites for hydroxylation is 1. The van der Waals surface area contributed by atoms with Crippen LogP contribution in [0.2, 0.25) is 0 Å². The molecule has 3 aromatic rings. The molecule has 3 heteroatoms. The Morgan fingerprint density at radius 2 is 1.73 bits per heavy atom. The van der Waals surface area contributed by atoms with Crippen molar-refractivity contribution in [3.8, 4) is 17.2 Å². The minimum absolute atomic E-state index is 0.671. The number of rotatable bonds is 3. The molecule has 0 N–H and O–H groups in total. The minimum atomic E-state index is 0.671. The van der Waals surface area contributed by atoms with E-state index in [0.717, 1.165) is 53.0 Å². The summed E-state index contributed by atoms with van der Waals surface area (Å²) >= 11 is 0. The van der Waals surface area contributed by atoms with Crippen molar-refractivity contribution in [3.05, 3.63) is 101 Å².